The minimum atomic E-state index is -0.196. The van der Waals surface area contributed by atoms with Crippen molar-refractivity contribution < 1.29 is 4.39 Å². The molecule has 5 nitrogen and oxygen atoms in total. The fourth-order valence-corrected chi connectivity index (χ4v) is 2.64. The van der Waals surface area contributed by atoms with Crippen molar-refractivity contribution in [1.82, 2.24) is 20.8 Å². The third-order valence-electron chi connectivity index (χ3n) is 2.92. The van der Waals surface area contributed by atoms with E-state index in [0.717, 1.165) is 35.3 Å². The van der Waals surface area contributed by atoms with Crippen LogP contribution in [0.25, 0.3) is 0 Å². The lowest BCUT2D eigenvalue weighted by molar-refractivity contribution is 0.626. The first kappa shape index (κ1) is 16.4. The first-order valence-electron chi connectivity index (χ1n) is 7.09. The van der Waals surface area contributed by atoms with Crippen molar-refractivity contribution in [2.24, 2.45) is 4.99 Å². The second kappa shape index (κ2) is 9.09. The van der Waals surface area contributed by atoms with Crippen LogP contribution in [0.4, 0.5) is 4.39 Å². The van der Waals surface area contributed by atoms with Crippen LogP contribution in [0.15, 0.2) is 46.4 Å². The average molecular weight is 321 g/mol. The Kier molecular flexibility index (Phi) is 6.76. The molecule has 3 N–H and O–H groups in total. The molecule has 1 aromatic carbocycles. The number of aromatic amines is 1. The minimum absolute atomic E-state index is 0.196. The highest BCUT2D eigenvalue weighted by atomic mass is 32.2. The highest BCUT2D eigenvalue weighted by molar-refractivity contribution is 7.99. The third kappa shape index (κ3) is 5.77. The lowest BCUT2D eigenvalue weighted by Crippen LogP contribution is -2.37. The van der Waals surface area contributed by atoms with Crippen molar-refractivity contribution in [3.63, 3.8) is 0 Å². The van der Waals surface area contributed by atoms with Crippen molar-refractivity contribution >= 4 is 17.7 Å². The van der Waals surface area contributed by atoms with Crippen molar-refractivity contribution in [3.05, 3.63) is 48.0 Å². The zero-order valence-corrected chi connectivity index (χ0v) is 13.3. The summed E-state index contributed by atoms with van der Waals surface area (Å²) in [4.78, 5) is 5.25. The van der Waals surface area contributed by atoms with E-state index < -0.39 is 0 Å². The molecule has 0 amide bonds. The van der Waals surface area contributed by atoms with E-state index in [2.05, 4.69) is 25.8 Å². The normalized spacial score (nSPS) is 11.5. The highest BCUT2D eigenvalue weighted by Crippen LogP contribution is 2.18. The van der Waals surface area contributed by atoms with Gasteiger partial charge in [-0.3, -0.25) is 10.1 Å². The fraction of sp³-hybridized carbons (Fsp3) is 0.333. The van der Waals surface area contributed by atoms with Gasteiger partial charge in [0.15, 0.2) is 5.96 Å². The van der Waals surface area contributed by atoms with Crippen molar-refractivity contribution in [1.29, 1.82) is 0 Å². The second-order valence-electron chi connectivity index (χ2n) is 4.59. The molecule has 0 unspecified atom stereocenters. The van der Waals surface area contributed by atoms with Crippen LogP contribution in [-0.2, 0) is 6.54 Å². The third-order valence-corrected chi connectivity index (χ3v) is 4.02. The molecule has 2 rings (SSSR count). The Morgan fingerprint density at radius 1 is 1.27 bits per heavy atom. The predicted octanol–water partition coefficient (Wildman–Crippen LogP) is 2.40. The summed E-state index contributed by atoms with van der Waals surface area (Å²) in [5.41, 5.74) is 1.01. The molecule has 0 radical (unpaired) electrons. The summed E-state index contributed by atoms with van der Waals surface area (Å²) in [7, 11) is 1.75. The highest BCUT2D eigenvalue weighted by Gasteiger charge is 1.99. The average Bonchev–Trinajstić information content (AvgIpc) is 3.05. The van der Waals surface area contributed by atoms with Gasteiger partial charge in [-0.2, -0.15) is 5.10 Å². The van der Waals surface area contributed by atoms with E-state index in [1.165, 1.54) is 12.1 Å². The van der Waals surface area contributed by atoms with Crippen LogP contribution >= 0.6 is 11.8 Å². The maximum absolute atomic E-state index is 12.8. The monoisotopic (exact) mass is 321 g/mol. The van der Waals surface area contributed by atoms with Gasteiger partial charge in [-0.15, -0.1) is 11.8 Å². The van der Waals surface area contributed by atoms with Gasteiger partial charge < -0.3 is 10.6 Å². The standard InChI is InChI=1S/C15H20FN5S/c1-17-15(19-11-13-7-9-20-21-13)18-8-2-10-22-14-5-3-12(16)4-6-14/h3-7,9H,2,8,10-11H2,1H3,(H,20,21)(H2,17,18,19). The number of hydrogen-bond donors (Lipinski definition) is 3. The first-order chi connectivity index (χ1) is 10.8. The Morgan fingerprint density at radius 3 is 2.77 bits per heavy atom. The van der Waals surface area contributed by atoms with E-state index in [0.29, 0.717) is 6.54 Å². The van der Waals surface area contributed by atoms with Gasteiger partial charge in [-0.1, -0.05) is 0 Å². The van der Waals surface area contributed by atoms with Gasteiger partial charge in [0.05, 0.1) is 12.2 Å². The second-order valence-corrected chi connectivity index (χ2v) is 5.76. The summed E-state index contributed by atoms with van der Waals surface area (Å²) in [5, 5.41) is 13.2. The van der Waals surface area contributed by atoms with Gasteiger partial charge in [0.1, 0.15) is 5.82 Å². The van der Waals surface area contributed by atoms with E-state index in [1.807, 2.05) is 6.07 Å². The maximum atomic E-state index is 12.8. The van der Waals surface area contributed by atoms with E-state index in [1.54, 1.807) is 37.1 Å². The molecule has 0 spiro atoms. The number of rotatable bonds is 7. The molecular weight excluding hydrogens is 301 g/mol. The quantitative estimate of drug-likeness (QED) is 0.317. The Labute approximate surface area is 133 Å². The summed E-state index contributed by atoms with van der Waals surface area (Å²) in [6.45, 7) is 1.49. The largest absolute Gasteiger partial charge is 0.356 e. The molecule has 0 fully saturated rings. The predicted molar refractivity (Wildman–Crippen MR) is 88.5 cm³/mol. The van der Waals surface area contributed by atoms with Crippen molar-refractivity contribution in [2.45, 2.75) is 17.9 Å². The summed E-state index contributed by atoms with van der Waals surface area (Å²) in [6.07, 6.45) is 2.71. The van der Waals surface area contributed by atoms with Crippen LogP contribution < -0.4 is 10.6 Å². The molecule has 0 bridgehead atoms. The number of guanidine groups is 1. The summed E-state index contributed by atoms with van der Waals surface area (Å²) >= 11 is 1.72. The van der Waals surface area contributed by atoms with Crippen molar-refractivity contribution in [3.8, 4) is 0 Å². The Balaban J connectivity index is 1.59. The van der Waals surface area contributed by atoms with E-state index in [-0.39, 0.29) is 5.82 Å². The number of aliphatic imine (C=N–C) groups is 1. The summed E-state index contributed by atoms with van der Waals surface area (Å²) < 4.78 is 12.8. The van der Waals surface area contributed by atoms with Crippen LogP contribution in [0.1, 0.15) is 12.1 Å². The molecule has 0 saturated carbocycles. The topological polar surface area (TPSA) is 65.1 Å². The van der Waals surface area contributed by atoms with E-state index in [9.17, 15) is 4.39 Å². The van der Waals surface area contributed by atoms with Gasteiger partial charge in [0.2, 0.25) is 0 Å². The first-order valence-corrected chi connectivity index (χ1v) is 8.07. The lowest BCUT2D eigenvalue weighted by atomic mass is 10.4. The Morgan fingerprint density at radius 2 is 2.09 bits per heavy atom. The van der Waals surface area contributed by atoms with Gasteiger partial charge in [-0.25, -0.2) is 4.39 Å². The Hall–Kier alpha value is -2.02. The molecule has 7 heteroatoms. The molecule has 0 aliphatic heterocycles. The number of thioether (sulfide) groups is 1. The maximum Gasteiger partial charge on any atom is 0.191 e. The number of aromatic nitrogens is 2. The SMILES string of the molecule is CN=C(NCCCSc1ccc(F)cc1)NCc1ccn[nH]1. The Bertz CT molecular complexity index is 568. The number of hydrogen-bond acceptors (Lipinski definition) is 3. The molecule has 118 valence electrons. The number of benzene rings is 1. The molecule has 22 heavy (non-hydrogen) atoms. The summed E-state index contributed by atoms with van der Waals surface area (Å²) in [5.74, 6) is 1.54. The molecule has 0 aliphatic rings. The molecule has 1 aromatic heterocycles. The number of H-pyrrole nitrogens is 1. The fourth-order valence-electron chi connectivity index (χ4n) is 1.78. The van der Waals surface area contributed by atoms with Crippen LogP contribution in [0.3, 0.4) is 0 Å². The van der Waals surface area contributed by atoms with Crippen LogP contribution in [-0.4, -0.2) is 35.5 Å². The van der Waals surface area contributed by atoms with Gasteiger partial charge >= 0.3 is 0 Å². The van der Waals surface area contributed by atoms with Crippen molar-refractivity contribution in [2.75, 3.05) is 19.3 Å². The molecule has 0 atom stereocenters. The lowest BCUT2D eigenvalue weighted by Gasteiger charge is -2.11. The molecule has 2 aromatic rings. The number of halogens is 1. The van der Waals surface area contributed by atoms with Crippen LogP contribution in [0.5, 0.6) is 0 Å². The smallest absolute Gasteiger partial charge is 0.191 e. The molecule has 1 heterocycles. The minimum Gasteiger partial charge on any atom is -0.356 e. The van der Waals surface area contributed by atoms with E-state index in [4.69, 9.17) is 0 Å². The van der Waals surface area contributed by atoms with Crippen LogP contribution in [0, 0.1) is 5.82 Å². The zero-order chi connectivity index (χ0) is 15.6. The number of nitrogens with one attached hydrogen (secondary N) is 3. The van der Waals surface area contributed by atoms with E-state index >= 15 is 0 Å². The number of nitrogens with zero attached hydrogens (tertiary/aromatic N) is 2. The van der Waals surface area contributed by atoms with Gasteiger partial charge in [0, 0.05) is 24.7 Å². The molecule has 0 saturated heterocycles. The van der Waals surface area contributed by atoms with Gasteiger partial charge in [0.25, 0.3) is 0 Å². The zero-order valence-electron chi connectivity index (χ0n) is 12.5. The molecule has 0 aliphatic carbocycles. The summed E-state index contributed by atoms with van der Waals surface area (Å²) in [6, 6.07) is 8.50. The van der Waals surface area contributed by atoms with Gasteiger partial charge in [-0.05, 0) is 42.5 Å². The van der Waals surface area contributed by atoms with Crippen LogP contribution in [0.2, 0.25) is 0 Å². The molecular formula is C15H20FN5S.